The highest BCUT2D eigenvalue weighted by Gasteiger charge is 2.25. The van der Waals surface area contributed by atoms with Crippen LogP contribution in [-0.2, 0) is 11.0 Å². The second kappa shape index (κ2) is 7.63. The molecular weight excluding hydrogens is 431 g/mol. The summed E-state index contributed by atoms with van der Waals surface area (Å²) in [6, 6.07) is 13.8. The number of nitrogens with one attached hydrogen (secondary N) is 2. The number of fused-ring (bicyclic) bond motifs is 1. The van der Waals surface area contributed by atoms with Crippen LogP contribution in [0.3, 0.4) is 0 Å². The average molecular weight is 444 g/mol. The van der Waals surface area contributed by atoms with E-state index in [-0.39, 0.29) is 5.37 Å². The van der Waals surface area contributed by atoms with E-state index in [2.05, 4.69) is 24.6 Å². The van der Waals surface area contributed by atoms with Crippen molar-refractivity contribution in [2.45, 2.75) is 14.5 Å². The number of rotatable bonds is 5. The Balaban J connectivity index is 1.37. The largest absolute Gasteiger partial charge is 0.368 e. The molecule has 0 amide bonds. The summed E-state index contributed by atoms with van der Waals surface area (Å²) in [6.45, 7) is 0. The Morgan fingerprint density at radius 1 is 1.07 bits per heavy atom. The number of thioether (sulfide) groups is 1. The van der Waals surface area contributed by atoms with Gasteiger partial charge in [-0.3, -0.25) is 4.98 Å². The fourth-order valence-corrected chi connectivity index (χ4v) is 6.67. The van der Waals surface area contributed by atoms with Crippen LogP contribution in [0.1, 0.15) is 10.9 Å². The molecule has 28 heavy (non-hydrogen) atoms. The Hall–Kier alpha value is -2.27. The van der Waals surface area contributed by atoms with Crippen LogP contribution in [0.15, 0.2) is 70.2 Å². The van der Waals surface area contributed by atoms with E-state index in [9.17, 15) is 4.21 Å². The van der Waals surface area contributed by atoms with Gasteiger partial charge in [-0.05, 0) is 35.8 Å². The van der Waals surface area contributed by atoms with E-state index in [0.29, 0.717) is 0 Å². The van der Waals surface area contributed by atoms with Crippen molar-refractivity contribution < 1.29 is 4.21 Å². The van der Waals surface area contributed by atoms with Crippen molar-refractivity contribution in [1.29, 1.82) is 0 Å². The van der Waals surface area contributed by atoms with Gasteiger partial charge in [0.1, 0.15) is 9.58 Å². The summed E-state index contributed by atoms with van der Waals surface area (Å²) in [7, 11) is -1.35. The Labute approximate surface area is 176 Å². The molecule has 3 aromatic heterocycles. The molecule has 0 spiro atoms. The van der Waals surface area contributed by atoms with Crippen LogP contribution in [0.25, 0.3) is 9.75 Å². The lowest BCUT2D eigenvalue weighted by Gasteiger charge is -2.16. The van der Waals surface area contributed by atoms with E-state index < -0.39 is 11.0 Å². The molecule has 1 aliphatic rings. The predicted molar refractivity (Wildman–Crippen MR) is 116 cm³/mol. The SMILES string of the molecule is O=S(Nc1ccccc1[C@H]1Nc2ccncc2S1)c1ccc(-c2cnns2)s1. The van der Waals surface area contributed by atoms with E-state index in [1.54, 1.807) is 24.2 Å². The van der Waals surface area contributed by atoms with E-state index in [4.69, 9.17) is 0 Å². The van der Waals surface area contributed by atoms with Crippen molar-refractivity contribution in [1.82, 2.24) is 14.6 Å². The van der Waals surface area contributed by atoms with E-state index in [1.165, 1.54) is 22.9 Å². The Morgan fingerprint density at radius 3 is 2.86 bits per heavy atom. The first-order valence-corrected chi connectivity index (χ1v) is 11.9. The summed E-state index contributed by atoms with van der Waals surface area (Å²) in [6.07, 6.45) is 5.37. The van der Waals surface area contributed by atoms with Gasteiger partial charge in [-0.2, -0.15) is 0 Å². The van der Waals surface area contributed by atoms with E-state index >= 15 is 0 Å². The van der Waals surface area contributed by atoms with Crippen molar-refractivity contribution in [3.05, 3.63) is 66.6 Å². The molecule has 2 N–H and O–H groups in total. The molecule has 140 valence electrons. The van der Waals surface area contributed by atoms with E-state index in [1.807, 2.05) is 48.7 Å². The predicted octanol–water partition coefficient (Wildman–Crippen LogP) is 5.01. The topological polar surface area (TPSA) is 79.8 Å². The molecule has 10 heteroatoms. The number of pyridine rings is 1. The van der Waals surface area contributed by atoms with Crippen LogP contribution >= 0.6 is 34.6 Å². The van der Waals surface area contributed by atoms with Crippen molar-refractivity contribution in [2.75, 3.05) is 10.0 Å². The molecule has 0 saturated carbocycles. The molecule has 0 bridgehead atoms. The fourth-order valence-electron chi connectivity index (χ4n) is 2.83. The summed E-state index contributed by atoms with van der Waals surface area (Å²) in [5.74, 6) is 0. The molecule has 2 atom stereocenters. The van der Waals surface area contributed by atoms with Gasteiger partial charge in [-0.1, -0.05) is 34.4 Å². The van der Waals surface area contributed by atoms with Crippen molar-refractivity contribution in [3.63, 3.8) is 0 Å². The summed E-state index contributed by atoms with van der Waals surface area (Å²) < 4.78 is 20.8. The van der Waals surface area contributed by atoms with Crippen LogP contribution in [0.5, 0.6) is 0 Å². The molecule has 6 nitrogen and oxygen atoms in total. The van der Waals surface area contributed by atoms with Gasteiger partial charge in [0, 0.05) is 22.8 Å². The lowest BCUT2D eigenvalue weighted by atomic mass is 10.2. The van der Waals surface area contributed by atoms with Crippen molar-refractivity contribution >= 4 is 57.0 Å². The number of para-hydroxylation sites is 1. The van der Waals surface area contributed by atoms with Crippen molar-refractivity contribution in [3.8, 4) is 9.75 Å². The molecule has 4 aromatic rings. The average Bonchev–Trinajstić information content (AvgIpc) is 3.47. The number of aromatic nitrogens is 3. The van der Waals surface area contributed by atoms with Gasteiger partial charge in [-0.15, -0.1) is 16.4 Å². The minimum absolute atomic E-state index is 0.0436. The number of hydrogen-bond acceptors (Lipinski definition) is 8. The summed E-state index contributed by atoms with van der Waals surface area (Å²) in [4.78, 5) is 7.30. The molecule has 0 radical (unpaired) electrons. The summed E-state index contributed by atoms with van der Waals surface area (Å²) >= 11 is 4.52. The maximum Gasteiger partial charge on any atom is 0.160 e. The maximum absolute atomic E-state index is 12.9. The third kappa shape index (κ3) is 3.44. The molecule has 1 aromatic carbocycles. The highest BCUT2D eigenvalue weighted by atomic mass is 32.2. The molecule has 0 aliphatic carbocycles. The zero-order valence-corrected chi connectivity index (χ0v) is 17.5. The highest BCUT2D eigenvalue weighted by Crippen LogP contribution is 2.47. The van der Waals surface area contributed by atoms with Gasteiger partial charge in [0.25, 0.3) is 0 Å². The Morgan fingerprint density at radius 2 is 2.00 bits per heavy atom. The first kappa shape index (κ1) is 17.8. The first-order valence-electron chi connectivity index (χ1n) is 8.30. The molecule has 0 fully saturated rings. The minimum atomic E-state index is -1.35. The second-order valence-corrected chi connectivity index (χ2v) is 10.3. The first-order chi connectivity index (χ1) is 13.8. The van der Waals surface area contributed by atoms with Gasteiger partial charge >= 0.3 is 0 Å². The normalized spacial score (nSPS) is 16.4. The van der Waals surface area contributed by atoms with Gasteiger partial charge in [0.15, 0.2) is 11.0 Å². The van der Waals surface area contributed by atoms with Gasteiger partial charge in [-0.25, -0.2) is 4.21 Å². The monoisotopic (exact) mass is 443 g/mol. The number of thiophene rings is 1. The fraction of sp³-hybridized carbons (Fsp3) is 0.0556. The second-order valence-electron chi connectivity index (χ2n) is 5.87. The quantitative estimate of drug-likeness (QED) is 0.451. The number of nitrogens with zero attached hydrogens (tertiary/aromatic N) is 3. The molecule has 5 rings (SSSR count). The van der Waals surface area contributed by atoms with Crippen LogP contribution in [-0.4, -0.2) is 18.8 Å². The van der Waals surface area contributed by atoms with Crippen LogP contribution in [0, 0.1) is 0 Å². The molecule has 4 heterocycles. The standard InChI is InChI=1S/C18H13N5OS4/c24-28(17-6-5-14(25-17)16-10-20-23-27-16)22-12-4-2-1-3-11(12)18-21-13-7-8-19-9-15(13)26-18/h1-10,18,21-22H/t18-,28?/m0/s1. The number of anilines is 2. The zero-order valence-electron chi connectivity index (χ0n) is 14.2. The lowest BCUT2D eigenvalue weighted by molar-refractivity contribution is 0.687. The Bertz CT molecular complexity index is 1120. The third-order valence-electron chi connectivity index (χ3n) is 4.13. The van der Waals surface area contributed by atoms with Crippen LogP contribution < -0.4 is 10.0 Å². The van der Waals surface area contributed by atoms with E-state index in [0.717, 1.165) is 35.8 Å². The smallest absolute Gasteiger partial charge is 0.160 e. The molecule has 0 saturated heterocycles. The summed E-state index contributed by atoms with van der Waals surface area (Å²) in [5.41, 5.74) is 2.98. The molecule has 1 unspecified atom stereocenters. The van der Waals surface area contributed by atoms with Crippen LogP contribution in [0.4, 0.5) is 11.4 Å². The van der Waals surface area contributed by atoms with Gasteiger partial charge < -0.3 is 10.0 Å². The van der Waals surface area contributed by atoms with Crippen LogP contribution in [0.2, 0.25) is 0 Å². The van der Waals surface area contributed by atoms with Gasteiger partial charge in [0.05, 0.1) is 27.3 Å². The minimum Gasteiger partial charge on any atom is -0.368 e. The molecule has 1 aliphatic heterocycles. The summed E-state index contributed by atoms with van der Waals surface area (Å²) in [5, 5.41) is 7.41. The number of benzene rings is 1. The zero-order chi connectivity index (χ0) is 18.9. The lowest BCUT2D eigenvalue weighted by Crippen LogP contribution is -2.09. The highest BCUT2D eigenvalue weighted by molar-refractivity contribution is 8.00. The number of hydrogen-bond donors (Lipinski definition) is 2. The van der Waals surface area contributed by atoms with Gasteiger partial charge in [0.2, 0.25) is 0 Å². The maximum atomic E-state index is 12.9. The Kier molecular flexibility index (Phi) is 4.85. The van der Waals surface area contributed by atoms with Crippen molar-refractivity contribution in [2.24, 2.45) is 0 Å². The molecular formula is C18H13N5OS4. The third-order valence-corrected chi connectivity index (χ3v) is 8.67.